The van der Waals surface area contributed by atoms with Crippen LogP contribution in [-0.2, 0) is 14.3 Å². The zero-order valence-electron chi connectivity index (χ0n) is 16.7. The molecule has 0 fully saturated rings. The number of thiophene rings is 1. The number of ether oxygens (including phenoxy) is 3. The molecule has 0 atom stereocenters. The van der Waals surface area contributed by atoms with Crippen molar-refractivity contribution in [3.8, 4) is 17.6 Å². The first kappa shape index (κ1) is 22.6. The molecule has 0 saturated heterocycles. The number of anilines is 1. The van der Waals surface area contributed by atoms with Gasteiger partial charge < -0.3 is 19.5 Å². The normalized spacial score (nSPS) is 10.7. The molecule has 1 N–H and O–H groups in total. The standard InChI is InChI=1S/C21H20N2O6S/c1-4-27-18-11-14(6-7-17(18)29-13(3)24)10-15(12-22)19(25)23-20-16(8-9-30-20)21(26)28-5-2/h6-11H,4-5H2,1-3H3,(H,23,25)/b15-10+. The van der Waals surface area contributed by atoms with E-state index in [1.165, 1.54) is 25.1 Å². The third-order valence-corrected chi connectivity index (χ3v) is 4.41. The monoisotopic (exact) mass is 428 g/mol. The van der Waals surface area contributed by atoms with Gasteiger partial charge in [-0.05, 0) is 49.1 Å². The number of rotatable bonds is 8. The molecule has 2 aromatic rings. The van der Waals surface area contributed by atoms with Crippen LogP contribution in [0.1, 0.15) is 36.7 Å². The quantitative estimate of drug-likeness (QED) is 0.294. The lowest BCUT2D eigenvalue weighted by atomic mass is 10.1. The molecule has 156 valence electrons. The number of benzene rings is 1. The summed E-state index contributed by atoms with van der Waals surface area (Å²) in [6.45, 7) is 5.27. The van der Waals surface area contributed by atoms with Gasteiger partial charge in [0.25, 0.3) is 5.91 Å². The van der Waals surface area contributed by atoms with E-state index in [2.05, 4.69) is 5.32 Å². The number of esters is 2. The molecule has 1 amide bonds. The summed E-state index contributed by atoms with van der Waals surface area (Å²) in [5, 5.41) is 13.9. The number of nitrogens with zero attached hydrogens (tertiary/aromatic N) is 1. The Morgan fingerprint density at radius 1 is 1.17 bits per heavy atom. The van der Waals surface area contributed by atoms with Gasteiger partial charge in [-0.2, -0.15) is 5.26 Å². The minimum atomic E-state index is -0.674. The highest BCUT2D eigenvalue weighted by Gasteiger charge is 2.18. The van der Waals surface area contributed by atoms with E-state index in [4.69, 9.17) is 14.2 Å². The lowest BCUT2D eigenvalue weighted by molar-refractivity contribution is -0.132. The third-order valence-electron chi connectivity index (χ3n) is 3.59. The summed E-state index contributed by atoms with van der Waals surface area (Å²) in [4.78, 5) is 35.7. The van der Waals surface area contributed by atoms with Crippen LogP contribution in [0.25, 0.3) is 6.08 Å². The van der Waals surface area contributed by atoms with Gasteiger partial charge in [0, 0.05) is 6.92 Å². The zero-order valence-corrected chi connectivity index (χ0v) is 17.5. The SMILES string of the molecule is CCOC(=O)c1ccsc1NC(=O)/C(C#N)=C/c1ccc(OC(C)=O)c(OCC)c1. The summed E-state index contributed by atoms with van der Waals surface area (Å²) >= 11 is 1.15. The summed E-state index contributed by atoms with van der Waals surface area (Å²) in [6, 6.07) is 8.04. The smallest absolute Gasteiger partial charge is 0.341 e. The number of nitrogens with one attached hydrogen (secondary N) is 1. The molecule has 8 nitrogen and oxygen atoms in total. The number of hydrogen-bond donors (Lipinski definition) is 1. The topological polar surface area (TPSA) is 115 Å². The van der Waals surface area contributed by atoms with E-state index in [0.717, 1.165) is 11.3 Å². The highest BCUT2D eigenvalue weighted by molar-refractivity contribution is 7.14. The van der Waals surface area contributed by atoms with Gasteiger partial charge in [-0.3, -0.25) is 9.59 Å². The summed E-state index contributed by atoms with van der Waals surface area (Å²) in [5.41, 5.74) is 0.538. The average molecular weight is 428 g/mol. The molecule has 1 heterocycles. The lowest BCUT2D eigenvalue weighted by Gasteiger charge is -2.10. The van der Waals surface area contributed by atoms with Crippen molar-refractivity contribution < 1.29 is 28.6 Å². The second kappa shape index (κ2) is 10.8. The van der Waals surface area contributed by atoms with Crippen LogP contribution in [0.15, 0.2) is 35.2 Å². The summed E-state index contributed by atoms with van der Waals surface area (Å²) in [6.07, 6.45) is 1.37. The highest BCUT2D eigenvalue weighted by Crippen LogP contribution is 2.30. The van der Waals surface area contributed by atoms with Crippen molar-refractivity contribution in [3.05, 3.63) is 46.3 Å². The van der Waals surface area contributed by atoms with E-state index in [-0.39, 0.29) is 23.5 Å². The van der Waals surface area contributed by atoms with Gasteiger partial charge in [0.2, 0.25) is 0 Å². The molecule has 0 unspecified atom stereocenters. The first-order chi connectivity index (χ1) is 14.4. The Morgan fingerprint density at radius 3 is 2.57 bits per heavy atom. The molecule has 0 radical (unpaired) electrons. The van der Waals surface area contributed by atoms with Crippen molar-refractivity contribution in [2.24, 2.45) is 0 Å². The third kappa shape index (κ3) is 5.93. The second-order valence-corrected chi connectivity index (χ2v) is 6.66. The number of carbonyl (C=O) groups is 3. The van der Waals surface area contributed by atoms with Crippen molar-refractivity contribution in [1.29, 1.82) is 5.26 Å². The maximum absolute atomic E-state index is 12.6. The maximum atomic E-state index is 12.6. The molecular weight excluding hydrogens is 408 g/mol. The van der Waals surface area contributed by atoms with Crippen LogP contribution in [0.3, 0.4) is 0 Å². The van der Waals surface area contributed by atoms with Crippen LogP contribution >= 0.6 is 11.3 Å². The number of nitriles is 1. The van der Waals surface area contributed by atoms with Gasteiger partial charge in [-0.15, -0.1) is 11.3 Å². The van der Waals surface area contributed by atoms with E-state index in [0.29, 0.717) is 22.9 Å². The van der Waals surface area contributed by atoms with Gasteiger partial charge in [0.1, 0.15) is 16.6 Å². The number of amides is 1. The Labute approximate surface area is 177 Å². The fourth-order valence-electron chi connectivity index (χ4n) is 2.38. The number of carbonyl (C=O) groups excluding carboxylic acids is 3. The molecule has 9 heteroatoms. The molecule has 30 heavy (non-hydrogen) atoms. The summed E-state index contributed by atoms with van der Waals surface area (Å²) in [7, 11) is 0. The molecular formula is C21H20N2O6S. The Bertz CT molecular complexity index is 1020. The maximum Gasteiger partial charge on any atom is 0.341 e. The summed E-state index contributed by atoms with van der Waals surface area (Å²) in [5.74, 6) is -1.18. The second-order valence-electron chi connectivity index (χ2n) is 5.74. The van der Waals surface area contributed by atoms with E-state index in [1.54, 1.807) is 31.4 Å². The predicted molar refractivity (Wildman–Crippen MR) is 111 cm³/mol. The molecule has 0 saturated carbocycles. The van der Waals surface area contributed by atoms with Gasteiger partial charge >= 0.3 is 11.9 Å². The van der Waals surface area contributed by atoms with Gasteiger partial charge in [-0.1, -0.05) is 6.07 Å². The van der Waals surface area contributed by atoms with E-state index in [9.17, 15) is 19.6 Å². The van der Waals surface area contributed by atoms with Crippen LogP contribution < -0.4 is 14.8 Å². The zero-order chi connectivity index (χ0) is 22.1. The molecule has 0 aliphatic heterocycles. The van der Waals surface area contributed by atoms with Crippen LogP contribution in [0, 0.1) is 11.3 Å². The largest absolute Gasteiger partial charge is 0.490 e. The van der Waals surface area contributed by atoms with Crippen LogP contribution in [0.2, 0.25) is 0 Å². The first-order valence-electron chi connectivity index (χ1n) is 9.02. The molecule has 1 aromatic carbocycles. The fourth-order valence-corrected chi connectivity index (χ4v) is 3.15. The Kier molecular flexibility index (Phi) is 8.14. The fraction of sp³-hybridized carbons (Fsp3) is 0.238. The lowest BCUT2D eigenvalue weighted by Crippen LogP contribution is -2.15. The highest BCUT2D eigenvalue weighted by atomic mass is 32.1. The molecule has 0 bridgehead atoms. The molecule has 1 aromatic heterocycles. The van der Waals surface area contributed by atoms with Gasteiger partial charge in [0.15, 0.2) is 11.5 Å². The van der Waals surface area contributed by atoms with Crippen molar-refractivity contribution in [1.82, 2.24) is 0 Å². The average Bonchev–Trinajstić information content (AvgIpc) is 3.16. The van der Waals surface area contributed by atoms with Crippen LogP contribution in [0.4, 0.5) is 5.00 Å². The Morgan fingerprint density at radius 2 is 1.93 bits per heavy atom. The van der Waals surface area contributed by atoms with Crippen LogP contribution in [0.5, 0.6) is 11.5 Å². The van der Waals surface area contributed by atoms with E-state index in [1.807, 2.05) is 6.07 Å². The molecule has 0 aliphatic carbocycles. The first-order valence-corrected chi connectivity index (χ1v) is 9.90. The van der Waals surface area contributed by atoms with Crippen molar-refractivity contribution in [2.75, 3.05) is 18.5 Å². The van der Waals surface area contributed by atoms with Crippen molar-refractivity contribution >= 4 is 40.3 Å². The van der Waals surface area contributed by atoms with E-state index < -0.39 is 17.8 Å². The Hall–Kier alpha value is -3.64. The van der Waals surface area contributed by atoms with Gasteiger partial charge in [0.05, 0.1) is 18.8 Å². The number of hydrogen-bond acceptors (Lipinski definition) is 8. The molecule has 2 rings (SSSR count). The Balaban J connectivity index is 2.27. The predicted octanol–water partition coefficient (Wildman–Crippen LogP) is 3.79. The minimum Gasteiger partial charge on any atom is -0.490 e. The van der Waals surface area contributed by atoms with Gasteiger partial charge in [-0.25, -0.2) is 4.79 Å². The van der Waals surface area contributed by atoms with E-state index >= 15 is 0 Å². The van der Waals surface area contributed by atoms with Crippen LogP contribution in [-0.4, -0.2) is 31.1 Å². The molecule has 0 spiro atoms. The van der Waals surface area contributed by atoms with Crippen molar-refractivity contribution in [2.45, 2.75) is 20.8 Å². The van der Waals surface area contributed by atoms with Crippen molar-refractivity contribution in [3.63, 3.8) is 0 Å². The molecule has 0 aliphatic rings. The minimum absolute atomic E-state index is 0.180. The summed E-state index contributed by atoms with van der Waals surface area (Å²) < 4.78 is 15.5.